The maximum atomic E-state index is 12.0. The fourth-order valence-corrected chi connectivity index (χ4v) is 2.22. The largest absolute Gasteiger partial charge is 0.381 e. The Balaban J connectivity index is 1.85. The first-order chi connectivity index (χ1) is 9.22. The summed E-state index contributed by atoms with van der Waals surface area (Å²) in [4.78, 5) is 12.0. The maximum absolute atomic E-state index is 12.0. The van der Waals surface area contributed by atoms with E-state index in [0.717, 1.165) is 18.4 Å². The number of methoxy groups -OCH3 is 1. The van der Waals surface area contributed by atoms with Crippen LogP contribution in [0.25, 0.3) is 0 Å². The van der Waals surface area contributed by atoms with E-state index in [2.05, 4.69) is 11.4 Å². The molecule has 0 radical (unpaired) electrons. The maximum Gasteiger partial charge on any atom is 0.237 e. The number of carbonyl (C=O) groups excluding carboxylic acids is 1. The number of nitrogens with zero attached hydrogens (tertiary/aromatic N) is 1. The van der Waals surface area contributed by atoms with E-state index in [1.807, 2.05) is 30.3 Å². The minimum Gasteiger partial charge on any atom is -0.381 e. The molecule has 0 aliphatic heterocycles. The summed E-state index contributed by atoms with van der Waals surface area (Å²) in [5.74, 6) is -0.796. The lowest BCUT2D eigenvalue weighted by atomic mass is 9.88. The number of nitrogens with one attached hydrogen (secondary N) is 1. The zero-order valence-electron chi connectivity index (χ0n) is 11.0. The average molecular weight is 258 g/mol. The standard InChI is InChI=1S/C15H18N2O2/c1-19-14-8-13(9-14)17-15(18)12(10-16)7-11-5-3-2-4-6-11/h2-6,12-14H,7-9H2,1H3,(H,17,18). The van der Waals surface area contributed by atoms with Crippen molar-refractivity contribution in [2.45, 2.75) is 31.4 Å². The van der Waals surface area contributed by atoms with E-state index in [1.54, 1.807) is 7.11 Å². The second-order valence-corrected chi connectivity index (χ2v) is 4.91. The molecular weight excluding hydrogens is 240 g/mol. The summed E-state index contributed by atoms with van der Waals surface area (Å²) in [6, 6.07) is 11.9. The Morgan fingerprint density at radius 2 is 2.16 bits per heavy atom. The molecule has 1 amide bonds. The molecule has 0 heterocycles. The van der Waals surface area contributed by atoms with E-state index < -0.39 is 5.92 Å². The summed E-state index contributed by atoms with van der Waals surface area (Å²) in [5.41, 5.74) is 1.01. The van der Waals surface area contributed by atoms with Gasteiger partial charge in [0.15, 0.2) is 0 Å². The fraction of sp³-hybridized carbons (Fsp3) is 0.467. The van der Waals surface area contributed by atoms with Gasteiger partial charge < -0.3 is 10.1 Å². The molecule has 2 rings (SSSR count). The fourth-order valence-electron chi connectivity index (χ4n) is 2.22. The molecule has 0 bridgehead atoms. The molecule has 1 atom stereocenters. The molecule has 0 aromatic heterocycles. The number of amides is 1. The predicted octanol–water partition coefficient (Wildman–Crippen LogP) is 1.66. The van der Waals surface area contributed by atoms with Crippen molar-refractivity contribution in [1.82, 2.24) is 5.32 Å². The predicted molar refractivity (Wildman–Crippen MR) is 71.2 cm³/mol. The second kappa shape index (κ2) is 6.35. The summed E-state index contributed by atoms with van der Waals surface area (Å²) in [6.45, 7) is 0. The molecule has 0 saturated heterocycles. The van der Waals surface area contributed by atoms with Gasteiger partial charge in [-0.1, -0.05) is 30.3 Å². The van der Waals surface area contributed by atoms with Crippen LogP contribution >= 0.6 is 0 Å². The quantitative estimate of drug-likeness (QED) is 0.873. The topological polar surface area (TPSA) is 62.1 Å². The number of hydrogen-bond acceptors (Lipinski definition) is 3. The minimum absolute atomic E-state index is 0.157. The summed E-state index contributed by atoms with van der Waals surface area (Å²) in [7, 11) is 1.68. The van der Waals surface area contributed by atoms with Gasteiger partial charge in [-0.05, 0) is 24.8 Å². The van der Waals surface area contributed by atoms with E-state index in [0.29, 0.717) is 6.42 Å². The minimum atomic E-state index is -0.621. The Bertz CT molecular complexity index is 461. The van der Waals surface area contributed by atoms with Crippen LogP contribution in [0.5, 0.6) is 0 Å². The van der Waals surface area contributed by atoms with E-state index >= 15 is 0 Å². The van der Waals surface area contributed by atoms with Crippen molar-refractivity contribution in [1.29, 1.82) is 5.26 Å². The molecule has 100 valence electrons. The normalized spacial score (nSPS) is 22.9. The zero-order valence-corrected chi connectivity index (χ0v) is 11.0. The highest BCUT2D eigenvalue weighted by Crippen LogP contribution is 2.23. The highest BCUT2D eigenvalue weighted by atomic mass is 16.5. The van der Waals surface area contributed by atoms with Crippen molar-refractivity contribution < 1.29 is 9.53 Å². The van der Waals surface area contributed by atoms with Crippen LogP contribution in [0, 0.1) is 17.2 Å². The summed E-state index contributed by atoms with van der Waals surface area (Å²) >= 11 is 0. The van der Waals surface area contributed by atoms with Crippen LogP contribution in [0.15, 0.2) is 30.3 Å². The van der Waals surface area contributed by atoms with Crippen LogP contribution in [0.2, 0.25) is 0 Å². The molecule has 1 aromatic carbocycles. The van der Waals surface area contributed by atoms with Crippen molar-refractivity contribution in [2.75, 3.05) is 7.11 Å². The number of ether oxygens (including phenoxy) is 1. The van der Waals surface area contributed by atoms with Crippen LogP contribution in [-0.4, -0.2) is 25.2 Å². The van der Waals surface area contributed by atoms with Gasteiger partial charge in [0.05, 0.1) is 12.2 Å². The SMILES string of the molecule is COC1CC(NC(=O)C(C#N)Cc2ccccc2)C1. The average Bonchev–Trinajstić information content (AvgIpc) is 2.40. The van der Waals surface area contributed by atoms with Crippen LogP contribution < -0.4 is 5.32 Å². The first-order valence-electron chi connectivity index (χ1n) is 6.49. The molecule has 0 spiro atoms. The van der Waals surface area contributed by atoms with Crippen molar-refractivity contribution in [3.63, 3.8) is 0 Å². The third-order valence-corrected chi connectivity index (χ3v) is 3.53. The lowest BCUT2D eigenvalue weighted by molar-refractivity contribution is -0.125. The molecule has 1 N–H and O–H groups in total. The van der Waals surface area contributed by atoms with Crippen molar-refractivity contribution in [3.05, 3.63) is 35.9 Å². The first-order valence-corrected chi connectivity index (χ1v) is 6.49. The number of rotatable bonds is 5. The van der Waals surface area contributed by atoms with E-state index in [4.69, 9.17) is 10.00 Å². The molecule has 1 aromatic rings. The smallest absolute Gasteiger partial charge is 0.237 e. The molecule has 1 aliphatic rings. The molecule has 19 heavy (non-hydrogen) atoms. The number of nitriles is 1. The Labute approximate surface area is 113 Å². The number of benzene rings is 1. The van der Waals surface area contributed by atoms with E-state index in [1.165, 1.54) is 0 Å². The van der Waals surface area contributed by atoms with Gasteiger partial charge in [0.1, 0.15) is 5.92 Å². The van der Waals surface area contributed by atoms with Crippen LogP contribution in [0.4, 0.5) is 0 Å². The second-order valence-electron chi connectivity index (χ2n) is 4.91. The Hall–Kier alpha value is -1.86. The van der Waals surface area contributed by atoms with Crippen molar-refractivity contribution >= 4 is 5.91 Å². The van der Waals surface area contributed by atoms with Gasteiger partial charge in [-0.2, -0.15) is 5.26 Å². The lowest BCUT2D eigenvalue weighted by Crippen LogP contribution is -2.49. The van der Waals surface area contributed by atoms with Gasteiger partial charge in [-0.25, -0.2) is 0 Å². The Morgan fingerprint density at radius 1 is 1.47 bits per heavy atom. The van der Waals surface area contributed by atoms with Gasteiger partial charge in [0.25, 0.3) is 0 Å². The van der Waals surface area contributed by atoms with Gasteiger partial charge in [-0.3, -0.25) is 4.79 Å². The van der Waals surface area contributed by atoms with Crippen molar-refractivity contribution in [3.8, 4) is 6.07 Å². The third-order valence-electron chi connectivity index (χ3n) is 3.53. The number of carbonyl (C=O) groups is 1. The highest BCUT2D eigenvalue weighted by molar-refractivity contribution is 5.81. The van der Waals surface area contributed by atoms with Crippen LogP contribution in [-0.2, 0) is 16.0 Å². The number of hydrogen-bond donors (Lipinski definition) is 1. The molecule has 4 heteroatoms. The summed E-state index contributed by atoms with van der Waals surface area (Å²) < 4.78 is 5.16. The molecule has 4 nitrogen and oxygen atoms in total. The van der Waals surface area contributed by atoms with Gasteiger partial charge in [-0.15, -0.1) is 0 Å². The van der Waals surface area contributed by atoms with Gasteiger partial charge >= 0.3 is 0 Å². The molecule has 1 fully saturated rings. The van der Waals surface area contributed by atoms with E-state index in [9.17, 15) is 4.79 Å². The Kier molecular flexibility index (Phi) is 4.53. The summed E-state index contributed by atoms with van der Waals surface area (Å²) in [5, 5.41) is 12.0. The summed E-state index contributed by atoms with van der Waals surface area (Å²) in [6.07, 6.45) is 2.39. The molecule has 1 unspecified atom stereocenters. The molecule has 1 saturated carbocycles. The van der Waals surface area contributed by atoms with Gasteiger partial charge in [0, 0.05) is 13.2 Å². The molecular formula is C15H18N2O2. The first kappa shape index (κ1) is 13.6. The third kappa shape index (κ3) is 3.55. The monoisotopic (exact) mass is 258 g/mol. The zero-order chi connectivity index (χ0) is 13.7. The van der Waals surface area contributed by atoms with Gasteiger partial charge in [0.2, 0.25) is 5.91 Å². The van der Waals surface area contributed by atoms with Crippen molar-refractivity contribution in [2.24, 2.45) is 5.92 Å². The van der Waals surface area contributed by atoms with E-state index in [-0.39, 0.29) is 18.1 Å². The highest BCUT2D eigenvalue weighted by Gasteiger charge is 2.31. The molecule has 1 aliphatic carbocycles. The Morgan fingerprint density at radius 3 is 2.74 bits per heavy atom. The van der Waals surface area contributed by atoms with Crippen LogP contribution in [0.1, 0.15) is 18.4 Å². The van der Waals surface area contributed by atoms with Crippen LogP contribution in [0.3, 0.4) is 0 Å². The lowest BCUT2D eigenvalue weighted by Gasteiger charge is -2.35.